The van der Waals surface area contributed by atoms with E-state index in [0.29, 0.717) is 29.1 Å². The van der Waals surface area contributed by atoms with Crippen LogP contribution >= 0.6 is 11.8 Å². The van der Waals surface area contributed by atoms with Crippen molar-refractivity contribution in [2.75, 3.05) is 0 Å². The van der Waals surface area contributed by atoms with Crippen molar-refractivity contribution in [3.63, 3.8) is 0 Å². The van der Waals surface area contributed by atoms with Crippen LogP contribution in [0.1, 0.15) is 42.8 Å². The van der Waals surface area contributed by atoms with E-state index in [2.05, 4.69) is 20.3 Å². The lowest BCUT2D eigenvalue weighted by atomic mass is 10.2. The maximum Gasteiger partial charge on any atom is 0.239 e. The van der Waals surface area contributed by atoms with Gasteiger partial charge in [0.25, 0.3) is 0 Å². The summed E-state index contributed by atoms with van der Waals surface area (Å²) >= 11 is 1.50. The number of halogens is 1. The SMILES string of the molecule is Cc1noc(C(C)Sc2nnc(-c3ccccc3F)n2C2CC2)n1. The molecule has 2 aromatic heterocycles. The fraction of sp³-hybridized carbons (Fsp3) is 0.375. The molecule has 0 amide bonds. The van der Waals surface area contributed by atoms with Crippen LogP contribution in [0.2, 0.25) is 0 Å². The van der Waals surface area contributed by atoms with Crippen LogP contribution in [0.4, 0.5) is 4.39 Å². The van der Waals surface area contributed by atoms with Crippen LogP contribution in [0.3, 0.4) is 0 Å². The highest BCUT2D eigenvalue weighted by Crippen LogP contribution is 2.43. The highest BCUT2D eigenvalue weighted by Gasteiger charge is 2.32. The van der Waals surface area contributed by atoms with Crippen molar-refractivity contribution in [1.29, 1.82) is 0 Å². The molecule has 0 bridgehead atoms. The lowest BCUT2D eigenvalue weighted by Crippen LogP contribution is -2.02. The van der Waals surface area contributed by atoms with Crippen LogP contribution < -0.4 is 0 Å². The van der Waals surface area contributed by atoms with Gasteiger partial charge in [0, 0.05) is 6.04 Å². The van der Waals surface area contributed by atoms with Crippen molar-refractivity contribution in [1.82, 2.24) is 24.9 Å². The summed E-state index contributed by atoms with van der Waals surface area (Å²) in [6.07, 6.45) is 2.11. The third kappa shape index (κ3) is 2.82. The zero-order valence-electron chi connectivity index (χ0n) is 13.3. The summed E-state index contributed by atoms with van der Waals surface area (Å²) in [4.78, 5) is 4.26. The van der Waals surface area contributed by atoms with Gasteiger partial charge in [0.1, 0.15) is 5.82 Å². The summed E-state index contributed by atoms with van der Waals surface area (Å²) in [6.45, 7) is 3.76. The Morgan fingerprint density at radius 2 is 2.08 bits per heavy atom. The Morgan fingerprint density at radius 3 is 2.75 bits per heavy atom. The fourth-order valence-electron chi connectivity index (χ4n) is 2.53. The predicted octanol–water partition coefficient (Wildman–Crippen LogP) is 3.96. The smallest absolute Gasteiger partial charge is 0.239 e. The van der Waals surface area contributed by atoms with Gasteiger partial charge in [-0.2, -0.15) is 4.98 Å². The molecule has 124 valence electrons. The van der Waals surface area contributed by atoms with Gasteiger partial charge in [0.2, 0.25) is 5.89 Å². The number of thioether (sulfide) groups is 1. The molecule has 24 heavy (non-hydrogen) atoms. The zero-order valence-corrected chi connectivity index (χ0v) is 14.1. The van der Waals surface area contributed by atoms with Crippen LogP contribution in [0.5, 0.6) is 0 Å². The largest absolute Gasteiger partial charge is 0.338 e. The number of aromatic nitrogens is 5. The number of nitrogens with zero attached hydrogens (tertiary/aromatic N) is 5. The molecule has 4 rings (SSSR count). The van der Waals surface area contributed by atoms with Gasteiger partial charge in [-0.1, -0.05) is 29.1 Å². The first-order chi connectivity index (χ1) is 11.6. The number of benzene rings is 1. The predicted molar refractivity (Wildman–Crippen MR) is 87.0 cm³/mol. The first kappa shape index (κ1) is 15.3. The van der Waals surface area contributed by atoms with E-state index in [1.807, 2.05) is 11.5 Å². The Labute approximate surface area is 142 Å². The summed E-state index contributed by atoms with van der Waals surface area (Å²) in [6, 6.07) is 6.98. The molecule has 0 radical (unpaired) electrons. The van der Waals surface area contributed by atoms with E-state index in [0.717, 1.165) is 18.0 Å². The van der Waals surface area contributed by atoms with Gasteiger partial charge in [0.05, 0.1) is 10.8 Å². The summed E-state index contributed by atoms with van der Waals surface area (Å²) in [7, 11) is 0. The van der Waals surface area contributed by atoms with E-state index < -0.39 is 0 Å². The highest BCUT2D eigenvalue weighted by molar-refractivity contribution is 7.99. The number of aryl methyl sites for hydroxylation is 1. The maximum atomic E-state index is 14.2. The Kier molecular flexibility index (Phi) is 3.84. The van der Waals surface area contributed by atoms with E-state index in [9.17, 15) is 4.39 Å². The molecule has 8 heteroatoms. The average Bonchev–Trinajstić information content (AvgIpc) is 3.18. The molecule has 1 aliphatic rings. The average molecular weight is 345 g/mol. The van der Waals surface area contributed by atoms with Gasteiger partial charge in [-0.05, 0) is 38.8 Å². The first-order valence-electron chi connectivity index (χ1n) is 7.80. The minimum atomic E-state index is -0.288. The molecule has 1 unspecified atom stereocenters. The molecule has 1 saturated carbocycles. The summed E-state index contributed by atoms with van der Waals surface area (Å²) in [5.41, 5.74) is 0.477. The molecule has 6 nitrogen and oxygen atoms in total. The van der Waals surface area contributed by atoms with Crippen LogP contribution in [0.15, 0.2) is 33.9 Å². The molecule has 1 aromatic carbocycles. The molecule has 0 N–H and O–H groups in total. The zero-order chi connectivity index (χ0) is 16.7. The van der Waals surface area contributed by atoms with E-state index in [4.69, 9.17) is 4.52 Å². The highest BCUT2D eigenvalue weighted by atomic mass is 32.2. The second-order valence-corrected chi connectivity index (χ2v) is 7.14. The van der Waals surface area contributed by atoms with Crippen molar-refractivity contribution < 1.29 is 8.91 Å². The van der Waals surface area contributed by atoms with Gasteiger partial charge in [-0.15, -0.1) is 10.2 Å². The van der Waals surface area contributed by atoms with Gasteiger partial charge < -0.3 is 4.52 Å². The second kappa shape index (κ2) is 6.01. The van der Waals surface area contributed by atoms with Crippen LogP contribution in [0, 0.1) is 12.7 Å². The van der Waals surface area contributed by atoms with Gasteiger partial charge in [-0.3, -0.25) is 4.57 Å². The standard InChI is InChI=1S/C16H16FN5OS/c1-9(15-18-10(2)21-23-15)24-16-20-19-14(22(16)11-7-8-11)12-5-3-4-6-13(12)17/h3-6,9,11H,7-8H2,1-2H3. The second-order valence-electron chi connectivity index (χ2n) is 5.83. The Hall–Kier alpha value is -2.22. The fourth-order valence-corrected chi connectivity index (χ4v) is 3.48. The Bertz CT molecular complexity index is 873. The molecule has 1 atom stereocenters. The molecule has 1 fully saturated rings. The van der Waals surface area contributed by atoms with Gasteiger partial charge >= 0.3 is 0 Å². The molecule has 2 heterocycles. The monoisotopic (exact) mass is 345 g/mol. The van der Waals surface area contributed by atoms with E-state index in [-0.39, 0.29) is 11.1 Å². The summed E-state index contributed by atoms with van der Waals surface area (Å²) < 4.78 is 21.4. The Balaban J connectivity index is 1.68. The molecular formula is C16H16FN5OS. The molecule has 0 aliphatic heterocycles. The van der Waals surface area contributed by atoms with E-state index >= 15 is 0 Å². The number of rotatable bonds is 5. The number of hydrogen-bond donors (Lipinski definition) is 0. The third-order valence-corrected chi connectivity index (χ3v) is 4.91. The van der Waals surface area contributed by atoms with Crippen molar-refractivity contribution in [3.05, 3.63) is 41.8 Å². The van der Waals surface area contributed by atoms with Crippen molar-refractivity contribution in [2.45, 2.75) is 43.1 Å². The minimum absolute atomic E-state index is 0.0543. The maximum absolute atomic E-state index is 14.2. The van der Waals surface area contributed by atoms with Crippen molar-refractivity contribution >= 4 is 11.8 Å². The van der Waals surface area contributed by atoms with E-state index in [1.54, 1.807) is 25.1 Å². The topological polar surface area (TPSA) is 69.6 Å². The van der Waals surface area contributed by atoms with Crippen LogP contribution in [0.25, 0.3) is 11.4 Å². The molecule has 1 aliphatic carbocycles. The van der Waals surface area contributed by atoms with E-state index in [1.165, 1.54) is 17.8 Å². The lowest BCUT2D eigenvalue weighted by molar-refractivity contribution is 0.376. The third-order valence-electron chi connectivity index (χ3n) is 3.86. The van der Waals surface area contributed by atoms with Gasteiger partial charge in [-0.25, -0.2) is 4.39 Å². The normalized spacial score (nSPS) is 15.6. The first-order valence-corrected chi connectivity index (χ1v) is 8.68. The number of hydrogen-bond acceptors (Lipinski definition) is 6. The summed E-state index contributed by atoms with van der Waals surface area (Å²) in [5, 5.41) is 13.0. The minimum Gasteiger partial charge on any atom is -0.338 e. The van der Waals surface area contributed by atoms with Crippen LogP contribution in [-0.4, -0.2) is 24.9 Å². The van der Waals surface area contributed by atoms with Gasteiger partial charge in [0.15, 0.2) is 16.8 Å². The van der Waals surface area contributed by atoms with Crippen LogP contribution in [-0.2, 0) is 0 Å². The molecule has 0 spiro atoms. The molecular weight excluding hydrogens is 329 g/mol. The summed E-state index contributed by atoms with van der Waals surface area (Å²) in [5.74, 6) is 1.44. The van der Waals surface area contributed by atoms with Crippen molar-refractivity contribution in [3.8, 4) is 11.4 Å². The quantitative estimate of drug-likeness (QED) is 0.652. The Morgan fingerprint density at radius 1 is 1.29 bits per heavy atom. The molecule has 3 aromatic rings. The lowest BCUT2D eigenvalue weighted by Gasteiger charge is -2.11. The van der Waals surface area contributed by atoms with Crippen molar-refractivity contribution in [2.24, 2.45) is 0 Å². The molecule has 0 saturated heterocycles.